The Balaban J connectivity index is 2.78. The van der Waals surface area contributed by atoms with E-state index in [-0.39, 0.29) is 24.1 Å². The molecule has 0 atom stereocenters. The van der Waals surface area contributed by atoms with E-state index in [2.05, 4.69) is 15.9 Å². The first-order chi connectivity index (χ1) is 8.41. The van der Waals surface area contributed by atoms with Gasteiger partial charge in [-0.25, -0.2) is 4.79 Å². The van der Waals surface area contributed by atoms with E-state index in [1.54, 1.807) is 19.9 Å². The molecule has 0 aromatic heterocycles. The molecule has 6 nitrogen and oxygen atoms in total. The summed E-state index contributed by atoms with van der Waals surface area (Å²) < 4.78 is 10.4. The number of hydrogen-bond donors (Lipinski definition) is 0. The van der Waals surface area contributed by atoms with Gasteiger partial charge in [0.05, 0.1) is 15.5 Å². The van der Waals surface area contributed by atoms with Gasteiger partial charge in [-0.1, -0.05) is 6.07 Å². The standard InChI is InChI=1S/C11H12BrNO5/c1-7(2)18-10(14)6-17-11-8(12)4-3-5-9(11)13(15)16/h3-5,7H,6H2,1-2H3. The number of hydrogen-bond acceptors (Lipinski definition) is 5. The van der Waals surface area contributed by atoms with Gasteiger partial charge in [-0.15, -0.1) is 0 Å². The number of nitro benzene ring substituents is 1. The zero-order valence-electron chi connectivity index (χ0n) is 9.88. The fraction of sp³-hybridized carbons (Fsp3) is 0.364. The molecule has 98 valence electrons. The van der Waals surface area contributed by atoms with Crippen molar-refractivity contribution < 1.29 is 19.2 Å². The molecule has 1 aromatic carbocycles. The highest BCUT2D eigenvalue weighted by atomic mass is 79.9. The quantitative estimate of drug-likeness (QED) is 0.474. The van der Waals surface area contributed by atoms with Crippen LogP contribution in [-0.4, -0.2) is 23.6 Å². The third kappa shape index (κ3) is 3.99. The van der Waals surface area contributed by atoms with Crippen LogP contribution in [0.1, 0.15) is 13.8 Å². The summed E-state index contributed by atoms with van der Waals surface area (Å²) in [4.78, 5) is 21.5. The van der Waals surface area contributed by atoms with Crippen LogP contribution in [0, 0.1) is 10.1 Å². The first-order valence-corrected chi connectivity index (χ1v) is 5.96. The average Bonchev–Trinajstić information content (AvgIpc) is 2.25. The number of halogens is 1. The Morgan fingerprint density at radius 3 is 2.72 bits per heavy atom. The van der Waals surface area contributed by atoms with Crippen LogP contribution in [0.5, 0.6) is 5.75 Å². The van der Waals surface area contributed by atoms with Crippen molar-refractivity contribution >= 4 is 27.6 Å². The molecule has 0 fully saturated rings. The number of carbonyl (C=O) groups is 1. The van der Waals surface area contributed by atoms with Crippen LogP contribution in [-0.2, 0) is 9.53 Å². The van der Waals surface area contributed by atoms with Crippen molar-refractivity contribution in [3.8, 4) is 5.75 Å². The van der Waals surface area contributed by atoms with Crippen molar-refractivity contribution in [2.75, 3.05) is 6.61 Å². The summed E-state index contributed by atoms with van der Waals surface area (Å²) in [5.41, 5.74) is -0.207. The Bertz CT molecular complexity index is 461. The van der Waals surface area contributed by atoms with Crippen LogP contribution in [0.2, 0.25) is 0 Å². The predicted molar refractivity (Wildman–Crippen MR) is 67.5 cm³/mol. The average molecular weight is 318 g/mol. The van der Waals surface area contributed by atoms with Gasteiger partial charge in [0, 0.05) is 6.07 Å². The highest BCUT2D eigenvalue weighted by Gasteiger charge is 2.19. The number of para-hydroxylation sites is 1. The number of benzene rings is 1. The van der Waals surface area contributed by atoms with Gasteiger partial charge in [0.1, 0.15) is 0 Å². The van der Waals surface area contributed by atoms with Crippen LogP contribution in [0.25, 0.3) is 0 Å². The number of rotatable bonds is 5. The summed E-state index contributed by atoms with van der Waals surface area (Å²) in [7, 11) is 0. The van der Waals surface area contributed by atoms with Gasteiger partial charge in [0.15, 0.2) is 6.61 Å². The van der Waals surface area contributed by atoms with Crippen LogP contribution < -0.4 is 4.74 Å². The molecule has 0 amide bonds. The van der Waals surface area contributed by atoms with Gasteiger partial charge < -0.3 is 9.47 Å². The van der Waals surface area contributed by atoms with Crippen molar-refractivity contribution in [3.63, 3.8) is 0 Å². The van der Waals surface area contributed by atoms with E-state index in [4.69, 9.17) is 9.47 Å². The lowest BCUT2D eigenvalue weighted by Crippen LogP contribution is -2.19. The number of ether oxygens (including phenoxy) is 2. The molecule has 0 bridgehead atoms. The lowest BCUT2D eigenvalue weighted by molar-refractivity contribution is -0.385. The Morgan fingerprint density at radius 2 is 2.17 bits per heavy atom. The second kappa shape index (κ2) is 6.34. The van der Waals surface area contributed by atoms with Gasteiger partial charge >= 0.3 is 11.7 Å². The molecule has 0 saturated heterocycles. The minimum absolute atomic E-state index is 0.0169. The second-order valence-electron chi connectivity index (χ2n) is 3.67. The molecule has 0 saturated carbocycles. The molecule has 0 heterocycles. The highest BCUT2D eigenvalue weighted by Crippen LogP contribution is 2.34. The lowest BCUT2D eigenvalue weighted by atomic mass is 10.3. The van der Waals surface area contributed by atoms with E-state index in [0.717, 1.165) is 0 Å². The van der Waals surface area contributed by atoms with E-state index in [0.29, 0.717) is 4.47 Å². The van der Waals surface area contributed by atoms with E-state index >= 15 is 0 Å². The molecular weight excluding hydrogens is 306 g/mol. The van der Waals surface area contributed by atoms with Crippen molar-refractivity contribution in [3.05, 3.63) is 32.8 Å². The van der Waals surface area contributed by atoms with Crippen molar-refractivity contribution in [2.45, 2.75) is 20.0 Å². The van der Waals surface area contributed by atoms with Crippen molar-refractivity contribution in [1.82, 2.24) is 0 Å². The lowest BCUT2D eigenvalue weighted by Gasteiger charge is -2.10. The maximum absolute atomic E-state index is 11.3. The maximum atomic E-state index is 11.3. The van der Waals surface area contributed by atoms with Gasteiger partial charge in [-0.05, 0) is 35.8 Å². The molecule has 0 N–H and O–H groups in total. The molecule has 18 heavy (non-hydrogen) atoms. The zero-order valence-corrected chi connectivity index (χ0v) is 11.5. The fourth-order valence-electron chi connectivity index (χ4n) is 1.21. The van der Waals surface area contributed by atoms with Crippen LogP contribution >= 0.6 is 15.9 Å². The van der Waals surface area contributed by atoms with Gasteiger partial charge in [-0.2, -0.15) is 0 Å². The van der Waals surface area contributed by atoms with E-state index in [9.17, 15) is 14.9 Å². The summed E-state index contributed by atoms with van der Waals surface area (Å²) in [6.07, 6.45) is -0.254. The fourth-order valence-corrected chi connectivity index (χ4v) is 1.68. The third-order valence-electron chi connectivity index (χ3n) is 1.84. The topological polar surface area (TPSA) is 78.7 Å². The van der Waals surface area contributed by atoms with Crippen molar-refractivity contribution in [2.24, 2.45) is 0 Å². The van der Waals surface area contributed by atoms with Crippen LogP contribution in [0.3, 0.4) is 0 Å². The summed E-state index contributed by atoms with van der Waals surface area (Å²) in [5, 5.41) is 10.8. The molecule has 1 aromatic rings. The molecule has 0 radical (unpaired) electrons. The summed E-state index contributed by atoms with van der Waals surface area (Å²) in [6, 6.07) is 4.41. The smallest absolute Gasteiger partial charge is 0.344 e. The number of esters is 1. The van der Waals surface area contributed by atoms with E-state index in [1.807, 2.05) is 0 Å². The van der Waals surface area contributed by atoms with Gasteiger partial charge in [0.25, 0.3) is 0 Å². The highest BCUT2D eigenvalue weighted by molar-refractivity contribution is 9.10. The molecule has 1 rings (SSSR count). The second-order valence-corrected chi connectivity index (χ2v) is 4.53. The first-order valence-electron chi connectivity index (χ1n) is 5.17. The predicted octanol–water partition coefficient (Wildman–Crippen LogP) is 2.69. The minimum Gasteiger partial charge on any atom is -0.474 e. The summed E-state index contributed by atoms with van der Waals surface area (Å²) >= 11 is 3.13. The monoisotopic (exact) mass is 317 g/mol. The van der Waals surface area contributed by atoms with Crippen molar-refractivity contribution in [1.29, 1.82) is 0 Å². The minimum atomic E-state index is -0.576. The molecule has 0 spiro atoms. The van der Waals surface area contributed by atoms with E-state index < -0.39 is 10.9 Å². The number of nitro groups is 1. The normalized spacial score (nSPS) is 10.2. The number of carbonyl (C=O) groups excluding carboxylic acids is 1. The van der Waals surface area contributed by atoms with E-state index in [1.165, 1.54) is 12.1 Å². The largest absolute Gasteiger partial charge is 0.474 e. The van der Waals surface area contributed by atoms with Gasteiger partial charge in [-0.3, -0.25) is 10.1 Å². The van der Waals surface area contributed by atoms with Crippen LogP contribution in [0.15, 0.2) is 22.7 Å². The maximum Gasteiger partial charge on any atom is 0.344 e. The molecule has 0 aliphatic rings. The first kappa shape index (κ1) is 14.4. The van der Waals surface area contributed by atoms with Crippen LogP contribution in [0.4, 0.5) is 5.69 Å². The number of nitrogens with zero attached hydrogens (tertiary/aromatic N) is 1. The third-order valence-corrected chi connectivity index (χ3v) is 2.47. The molecule has 0 aliphatic heterocycles. The Hall–Kier alpha value is -1.63. The Labute approximate surface area is 112 Å². The Morgan fingerprint density at radius 1 is 1.50 bits per heavy atom. The SMILES string of the molecule is CC(C)OC(=O)COc1c(Br)cccc1[N+](=O)[O-]. The van der Waals surface area contributed by atoms with Gasteiger partial charge in [0.2, 0.25) is 5.75 Å². The summed E-state index contributed by atoms with van der Waals surface area (Å²) in [5.74, 6) is -0.557. The molecule has 0 unspecified atom stereocenters. The summed E-state index contributed by atoms with van der Waals surface area (Å²) in [6.45, 7) is 3.04. The molecule has 7 heteroatoms. The zero-order chi connectivity index (χ0) is 13.7. The molecule has 0 aliphatic carbocycles. The Kier molecular flexibility index (Phi) is 5.08. The molecular formula is C11H12BrNO5.